The summed E-state index contributed by atoms with van der Waals surface area (Å²) in [5.41, 5.74) is 0.548. The summed E-state index contributed by atoms with van der Waals surface area (Å²) >= 11 is 11.1. The van der Waals surface area contributed by atoms with Crippen LogP contribution in [0.5, 0.6) is 0 Å². The Labute approximate surface area is 102 Å². The first-order valence-corrected chi connectivity index (χ1v) is 7.03. The maximum absolute atomic E-state index is 5.76. The summed E-state index contributed by atoms with van der Waals surface area (Å²) in [5.74, 6) is 1.16. The van der Waals surface area contributed by atoms with E-state index in [0.717, 1.165) is 16.1 Å². The van der Waals surface area contributed by atoms with E-state index in [1.54, 1.807) is 6.20 Å². The molecule has 1 aliphatic rings. The van der Waals surface area contributed by atoms with Crippen molar-refractivity contribution in [1.29, 1.82) is 0 Å². The van der Waals surface area contributed by atoms with Crippen molar-refractivity contribution < 1.29 is 0 Å². The van der Waals surface area contributed by atoms with E-state index in [2.05, 4.69) is 20.9 Å². The Hall–Kier alpha value is 0.270. The monoisotopic (exact) mass is 291 g/mol. The molecule has 1 nitrogen and oxygen atoms in total. The van der Waals surface area contributed by atoms with Gasteiger partial charge >= 0.3 is 0 Å². The summed E-state index contributed by atoms with van der Waals surface area (Å²) < 4.78 is 0. The molecule has 0 aliphatic heterocycles. The minimum absolute atomic E-state index is 0.548. The van der Waals surface area contributed by atoms with Gasteiger partial charge in [0.25, 0.3) is 0 Å². The predicted molar refractivity (Wildman–Crippen MR) is 65.4 cm³/mol. The van der Waals surface area contributed by atoms with E-state index in [0.29, 0.717) is 10.4 Å². The molecule has 14 heavy (non-hydrogen) atoms. The number of halogens is 2. The van der Waals surface area contributed by atoms with E-state index in [1.807, 2.05) is 23.9 Å². The fraction of sp³-hybridized carbons (Fsp3) is 0.500. The van der Waals surface area contributed by atoms with Crippen LogP contribution >= 0.6 is 39.3 Å². The van der Waals surface area contributed by atoms with Crippen molar-refractivity contribution in [1.82, 2.24) is 4.98 Å². The van der Waals surface area contributed by atoms with Crippen LogP contribution in [-0.4, -0.2) is 16.1 Å². The molecule has 1 heterocycles. The normalized spacial score (nSPS) is 18.1. The van der Waals surface area contributed by atoms with E-state index >= 15 is 0 Å². The summed E-state index contributed by atoms with van der Waals surface area (Å²) in [6.07, 6.45) is 4.40. The second-order valence-electron chi connectivity index (χ2n) is 3.74. The third-order valence-corrected chi connectivity index (χ3v) is 5.17. The molecule has 0 amide bonds. The van der Waals surface area contributed by atoms with Crippen molar-refractivity contribution in [3.63, 3.8) is 0 Å². The van der Waals surface area contributed by atoms with Gasteiger partial charge in [0.1, 0.15) is 0 Å². The molecule has 0 bridgehead atoms. The van der Waals surface area contributed by atoms with E-state index in [-0.39, 0.29) is 0 Å². The summed E-state index contributed by atoms with van der Waals surface area (Å²) in [6, 6.07) is 3.88. The van der Waals surface area contributed by atoms with E-state index in [9.17, 15) is 0 Å². The lowest BCUT2D eigenvalue weighted by atomic mass is 10.2. The van der Waals surface area contributed by atoms with Crippen molar-refractivity contribution in [2.24, 2.45) is 5.41 Å². The van der Waals surface area contributed by atoms with Crippen LogP contribution in [0, 0.1) is 5.41 Å². The molecule has 0 saturated heterocycles. The average molecular weight is 293 g/mol. The summed E-state index contributed by atoms with van der Waals surface area (Å²) in [4.78, 5) is 4.26. The molecule has 2 rings (SSSR count). The largest absolute Gasteiger partial charge is 0.248 e. The SMILES string of the molecule is Clc1ccc(SCC2(CBr)CC2)nc1. The standard InChI is InChI=1S/C10H11BrClNS/c11-6-10(3-4-10)7-14-9-2-1-8(12)5-13-9/h1-2,5H,3-4,6-7H2. The molecular formula is C10H11BrClNS. The topological polar surface area (TPSA) is 12.9 Å². The third-order valence-electron chi connectivity index (χ3n) is 2.47. The molecule has 0 spiro atoms. The molecule has 4 heteroatoms. The number of hydrogen-bond acceptors (Lipinski definition) is 2. The maximum atomic E-state index is 5.76. The zero-order chi connectivity index (χ0) is 10.0. The van der Waals surface area contributed by atoms with Gasteiger partial charge in [0.2, 0.25) is 0 Å². The lowest BCUT2D eigenvalue weighted by Crippen LogP contribution is -2.05. The van der Waals surface area contributed by atoms with Crippen molar-refractivity contribution >= 4 is 39.3 Å². The Morgan fingerprint density at radius 2 is 2.29 bits per heavy atom. The zero-order valence-corrected chi connectivity index (χ0v) is 10.8. The van der Waals surface area contributed by atoms with Gasteiger partial charge in [-0.3, -0.25) is 0 Å². The van der Waals surface area contributed by atoms with Crippen molar-refractivity contribution in [3.8, 4) is 0 Å². The second-order valence-corrected chi connectivity index (χ2v) is 5.73. The van der Waals surface area contributed by atoms with Crippen LogP contribution in [0.2, 0.25) is 5.02 Å². The van der Waals surface area contributed by atoms with Gasteiger partial charge in [-0.1, -0.05) is 27.5 Å². The number of rotatable bonds is 4. The quantitative estimate of drug-likeness (QED) is 0.614. The molecule has 1 aromatic rings. The van der Waals surface area contributed by atoms with Crippen LogP contribution in [0.1, 0.15) is 12.8 Å². The van der Waals surface area contributed by atoms with Gasteiger partial charge < -0.3 is 0 Å². The first-order valence-electron chi connectivity index (χ1n) is 4.54. The highest BCUT2D eigenvalue weighted by molar-refractivity contribution is 9.09. The molecule has 1 aromatic heterocycles. The first-order chi connectivity index (χ1) is 6.74. The number of pyridine rings is 1. The lowest BCUT2D eigenvalue weighted by molar-refractivity contribution is 0.686. The van der Waals surface area contributed by atoms with Gasteiger partial charge in [0.05, 0.1) is 10.0 Å². The van der Waals surface area contributed by atoms with Gasteiger partial charge in [-0.15, -0.1) is 11.8 Å². The predicted octanol–water partition coefficient (Wildman–Crippen LogP) is 4.00. The molecular weight excluding hydrogens is 282 g/mol. The Bertz CT molecular complexity index is 310. The van der Waals surface area contributed by atoms with Crippen molar-refractivity contribution in [3.05, 3.63) is 23.4 Å². The lowest BCUT2D eigenvalue weighted by Gasteiger charge is -2.09. The highest BCUT2D eigenvalue weighted by atomic mass is 79.9. The Morgan fingerprint density at radius 3 is 2.79 bits per heavy atom. The fourth-order valence-electron chi connectivity index (χ4n) is 1.17. The minimum atomic E-state index is 0.548. The minimum Gasteiger partial charge on any atom is -0.248 e. The fourth-order valence-corrected chi connectivity index (χ4v) is 3.44. The number of nitrogens with zero attached hydrogens (tertiary/aromatic N) is 1. The maximum Gasteiger partial charge on any atom is 0.0961 e. The highest BCUT2D eigenvalue weighted by Crippen LogP contribution is 2.50. The van der Waals surface area contributed by atoms with Crippen LogP contribution in [0.4, 0.5) is 0 Å². The highest BCUT2D eigenvalue weighted by Gasteiger charge is 2.41. The van der Waals surface area contributed by atoms with Crippen LogP contribution < -0.4 is 0 Å². The molecule has 0 N–H and O–H groups in total. The summed E-state index contributed by atoms with van der Waals surface area (Å²) in [7, 11) is 0. The van der Waals surface area contributed by atoms with E-state index < -0.39 is 0 Å². The van der Waals surface area contributed by atoms with E-state index in [4.69, 9.17) is 11.6 Å². The van der Waals surface area contributed by atoms with Gasteiger partial charge in [-0.2, -0.15) is 0 Å². The van der Waals surface area contributed by atoms with Crippen LogP contribution in [0.3, 0.4) is 0 Å². The van der Waals surface area contributed by atoms with E-state index in [1.165, 1.54) is 12.8 Å². The first kappa shape index (κ1) is 10.8. The molecule has 1 aliphatic carbocycles. The van der Waals surface area contributed by atoms with Gasteiger partial charge in [-0.05, 0) is 30.4 Å². The molecule has 0 radical (unpaired) electrons. The van der Waals surface area contributed by atoms with Crippen LogP contribution in [0.15, 0.2) is 23.4 Å². The molecule has 0 atom stereocenters. The molecule has 0 unspecified atom stereocenters. The van der Waals surface area contributed by atoms with Gasteiger partial charge in [-0.25, -0.2) is 4.98 Å². The third kappa shape index (κ3) is 2.65. The van der Waals surface area contributed by atoms with Crippen LogP contribution in [0.25, 0.3) is 0 Å². The van der Waals surface area contributed by atoms with Crippen molar-refractivity contribution in [2.45, 2.75) is 17.9 Å². The number of thioether (sulfide) groups is 1. The Balaban J connectivity index is 1.89. The van der Waals surface area contributed by atoms with Gasteiger partial charge in [0.15, 0.2) is 0 Å². The van der Waals surface area contributed by atoms with Gasteiger partial charge in [0, 0.05) is 17.3 Å². The number of hydrogen-bond donors (Lipinski definition) is 0. The molecule has 0 aromatic carbocycles. The Morgan fingerprint density at radius 1 is 1.50 bits per heavy atom. The van der Waals surface area contributed by atoms with Crippen LogP contribution in [-0.2, 0) is 0 Å². The average Bonchev–Trinajstić information content (AvgIpc) is 2.98. The second kappa shape index (κ2) is 4.42. The smallest absolute Gasteiger partial charge is 0.0961 e. The summed E-state index contributed by atoms with van der Waals surface area (Å²) in [6.45, 7) is 0. The molecule has 76 valence electrons. The van der Waals surface area contributed by atoms with Crippen molar-refractivity contribution in [2.75, 3.05) is 11.1 Å². The molecule has 1 saturated carbocycles. The Kier molecular flexibility index (Phi) is 3.40. The number of aromatic nitrogens is 1. The zero-order valence-electron chi connectivity index (χ0n) is 7.67. The molecule has 1 fully saturated rings. The summed E-state index contributed by atoms with van der Waals surface area (Å²) in [5, 5.41) is 2.89. The number of alkyl halides is 1.